The SMILES string of the molecule is Cc1ccc(S(=O)(=O)O)cc1[N+](=O)[O-].Cl. The first kappa shape index (κ1) is 13.8. The van der Waals surface area contributed by atoms with Crippen LogP contribution in [0.15, 0.2) is 23.1 Å². The van der Waals surface area contributed by atoms with E-state index in [-0.39, 0.29) is 18.1 Å². The van der Waals surface area contributed by atoms with E-state index in [1.54, 1.807) is 0 Å². The molecule has 1 aromatic rings. The van der Waals surface area contributed by atoms with Crippen LogP contribution in [-0.2, 0) is 10.1 Å². The third-order valence-electron chi connectivity index (χ3n) is 1.68. The minimum atomic E-state index is -4.38. The molecule has 0 aliphatic heterocycles. The highest BCUT2D eigenvalue weighted by atomic mass is 35.5. The predicted molar refractivity (Wildman–Crippen MR) is 54.9 cm³/mol. The molecule has 0 saturated carbocycles. The highest BCUT2D eigenvalue weighted by Crippen LogP contribution is 2.21. The summed E-state index contributed by atoms with van der Waals surface area (Å²) in [6.07, 6.45) is 0. The molecule has 0 spiro atoms. The van der Waals surface area contributed by atoms with Gasteiger partial charge in [-0.2, -0.15) is 8.42 Å². The van der Waals surface area contributed by atoms with E-state index in [4.69, 9.17) is 4.55 Å². The number of nitrogens with zero attached hydrogens (tertiary/aromatic N) is 1. The topological polar surface area (TPSA) is 97.5 Å². The minimum Gasteiger partial charge on any atom is -0.282 e. The normalized spacial score (nSPS) is 10.5. The molecule has 1 N–H and O–H groups in total. The van der Waals surface area contributed by atoms with Crippen molar-refractivity contribution in [3.63, 3.8) is 0 Å². The van der Waals surface area contributed by atoms with Crippen molar-refractivity contribution in [3.05, 3.63) is 33.9 Å². The van der Waals surface area contributed by atoms with Gasteiger partial charge in [-0.15, -0.1) is 12.4 Å². The molecule has 15 heavy (non-hydrogen) atoms. The first-order valence-corrected chi connectivity index (χ1v) is 4.99. The zero-order valence-electron chi connectivity index (χ0n) is 7.58. The Balaban J connectivity index is 0.00000196. The Morgan fingerprint density at radius 2 is 1.93 bits per heavy atom. The van der Waals surface area contributed by atoms with Gasteiger partial charge in [-0.3, -0.25) is 14.7 Å². The smallest absolute Gasteiger partial charge is 0.282 e. The van der Waals surface area contributed by atoms with Gasteiger partial charge in [-0.1, -0.05) is 6.07 Å². The fourth-order valence-electron chi connectivity index (χ4n) is 0.946. The van der Waals surface area contributed by atoms with Crippen LogP contribution < -0.4 is 0 Å². The molecule has 1 rings (SSSR count). The third-order valence-corrected chi connectivity index (χ3v) is 2.52. The standard InChI is InChI=1S/C7H7NO5S.ClH/c1-5-2-3-6(14(11,12)13)4-7(5)8(9)10;/h2-4H,1H3,(H,11,12,13);1H. The van der Waals surface area contributed by atoms with E-state index in [9.17, 15) is 18.5 Å². The second-order valence-electron chi connectivity index (χ2n) is 2.68. The molecule has 0 aliphatic rings. The second kappa shape index (κ2) is 4.56. The second-order valence-corrected chi connectivity index (χ2v) is 4.10. The number of nitro groups is 1. The number of nitro benzene ring substituents is 1. The van der Waals surface area contributed by atoms with Gasteiger partial charge in [0.25, 0.3) is 15.8 Å². The Labute approximate surface area is 92.2 Å². The van der Waals surface area contributed by atoms with Gasteiger partial charge in [0.2, 0.25) is 0 Å². The van der Waals surface area contributed by atoms with E-state index in [2.05, 4.69) is 0 Å². The van der Waals surface area contributed by atoms with Crippen molar-refractivity contribution in [3.8, 4) is 0 Å². The van der Waals surface area contributed by atoms with Gasteiger partial charge < -0.3 is 0 Å². The van der Waals surface area contributed by atoms with Crippen molar-refractivity contribution in [2.24, 2.45) is 0 Å². The summed E-state index contributed by atoms with van der Waals surface area (Å²) in [6.45, 7) is 1.48. The molecule has 1 aromatic carbocycles. The molecule has 0 radical (unpaired) electrons. The molecule has 0 bridgehead atoms. The van der Waals surface area contributed by atoms with E-state index in [0.29, 0.717) is 5.56 Å². The zero-order chi connectivity index (χ0) is 10.9. The van der Waals surface area contributed by atoms with Crippen molar-refractivity contribution < 1.29 is 17.9 Å². The van der Waals surface area contributed by atoms with E-state index < -0.39 is 19.9 Å². The van der Waals surface area contributed by atoms with Crippen molar-refractivity contribution >= 4 is 28.2 Å². The van der Waals surface area contributed by atoms with Gasteiger partial charge in [0, 0.05) is 11.6 Å². The Morgan fingerprint density at radius 1 is 1.40 bits per heavy atom. The monoisotopic (exact) mass is 253 g/mol. The average Bonchev–Trinajstić information content (AvgIpc) is 2.02. The first-order valence-electron chi connectivity index (χ1n) is 3.55. The highest BCUT2D eigenvalue weighted by molar-refractivity contribution is 7.85. The van der Waals surface area contributed by atoms with Crippen LogP contribution in [0.25, 0.3) is 0 Å². The van der Waals surface area contributed by atoms with Crippen molar-refractivity contribution in [2.75, 3.05) is 0 Å². The summed E-state index contributed by atoms with van der Waals surface area (Å²) in [5, 5.41) is 10.4. The molecule has 0 amide bonds. The molecule has 0 fully saturated rings. The van der Waals surface area contributed by atoms with Gasteiger partial charge in [0.1, 0.15) is 4.90 Å². The van der Waals surface area contributed by atoms with Gasteiger partial charge in [-0.05, 0) is 13.0 Å². The summed E-state index contributed by atoms with van der Waals surface area (Å²) < 4.78 is 29.9. The van der Waals surface area contributed by atoms with Crippen LogP contribution in [0, 0.1) is 17.0 Å². The lowest BCUT2D eigenvalue weighted by Gasteiger charge is -1.99. The van der Waals surface area contributed by atoms with Crippen molar-refractivity contribution in [1.29, 1.82) is 0 Å². The van der Waals surface area contributed by atoms with E-state index >= 15 is 0 Å². The summed E-state index contributed by atoms with van der Waals surface area (Å²) in [4.78, 5) is 9.25. The quantitative estimate of drug-likeness (QED) is 0.490. The van der Waals surface area contributed by atoms with Gasteiger partial charge in [-0.25, -0.2) is 0 Å². The van der Waals surface area contributed by atoms with E-state index in [1.165, 1.54) is 13.0 Å². The fourth-order valence-corrected chi connectivity index (χ4v) is 1.45. The number of rotatable bonds is 2. The minimum absolute atomic E-state index is 0. The summed E-state index contributed by atoms with van der Waals surface area (Å²) >= 11 is 0. The first-order chi connectivity index (χ1) is 6.32. The lowest BCUT2D eigenvalue weighted by atomic mass is 10.2. The average molecular weight is 254 g/mol. The number of aryl methyl sites for hydroxylation is 1. The lowest BCUT2D eigenvalue weighted by molar-refractivity contribution is -0.385. The fraction of sp³-hybridized carbons (Fsp3) is 0.143. The van der Waals surface area contributed by atoms with Crippen LogP contribution in [-0.4, -0.2) is 17.9 Å². The molecule has 0 heterocycles. The molecular weight excluding hydrogens is 246 g/mol. The summed E-state index contributed by atoms with van der Waals surface area (Å²) in [7, 11) is -4.38. The molecular formula is C7H8ClNO5S. The molecule has 0 atom stereocenters. The van der Waals surface area contributed by atoms with E-state index in [0.717, 1.165) is 12.1 Å². The molecule has 0 aromatic heterocycles. The summed E-state index contributed by atoms with van der Waals surface area (Å²) in [5.74, 6) is 0. The molecule has 8 heteroatoms. The molecule has 6 nitrogen and oxygen atoms in total. The Bertz CT molecular complexity index is 484. The predicted octanol–water partition coefficient (Wildman–Crippen LogP) is 1.57. The Hall–Kier alpha value is -1.18. The van der Waals surface area contributed by atoms with Gasteiger partial charge >= 0.3 is 0 Å². The zero-order valence-corrected chi connectivity index (χ0v) is 9.21. The van der Waals surface area contributed by atoms with Crippen LogP contribution in [0.4, 0.5) is 5.69 Å². The maximum Gasteiger partial charge on any atom is 0.294 e. The molecule has 84 valence electrons. The summed E-state index contributed by atoms with van der Waals surface area (Å²) in [5.41, 5.74) is 0.00234. The largest absolute Gasteiger partial charge is 0.294 e. The Morgan fingerprint density at radius 3 is 2.33 bits per heavy atom. The molecule has 0 unspecified atom stereocenters. The third kappa shape index (κ3) is 3.15. The van der Waals surface area contributed by atoms with Crippen LogP contribution >= 0.6 is 12.4 Å². The van der Waals surface area contributed by atoms with Crippen LogP contribution in [0.2, 0.25) is 0 Å². The summed E-state index contributed by atoms with van der Waals surface area (Å²) in [6, 6.07) is 3.20. The van der Waals surface area contributed by atoms with Gasteiger partial charge in [0.15, 0.2) is 0 Å². The number of benzene rings is 1. The number of hydrogen-bond donors (Lipinski definition) is 1. The van der Waals surface area contributed by atoms with Crippen LogP contribution in [0.1, 0.15) is 5.56 Å². The molecule has 0 aliphatic carbocycles. The number of hydrogen-bond acceptors (Lipinski definition) is 4. The maximum absolute atomic E-state index is 10.7. The van der Waals surface area contributed by atoms with Gasteiger partial charge in [0.05, 0.1) is 4.92 Å². The van der Waals surface area contributed by atoms with Crippen molar-refractivity contribution in [2.45, 2.75) is 11.8 Å². The van der Waals surface area contributed by atoms with E-state index in [1.807, 2.05) is 0 Å². The highest BCUT2D eigenvalue weighted by Gasteiger charge is 2.16. The van der Waals surface area contributed by atoms with Crippen molar-refractivity contribution in [1.82, 2.24) is 0 Å². The van der Waals surface area contributed by atoms with Crippen LogP contribution in [0.3, 0.4) is 0 Å². The Kier molecular flexibility index (Phi) is 4.20. The lowest BCUT2D eigenvalue weighted by Crippen LogP contribution is -2.00. The van der Waals surface area contributed by atoms with Crippen LogP contribution in [0.5, 0.6) is 0 Å². The molecule has 0 saturated heterocycles. The maximum atomic E-state index is 10.7. The number of halogens is 1.